The summed E-state index contributed by atoms with van der Waals surface area (Å²) in [5, 5.41) is 0. The molecule has 0 bridgehead atoms. The number of hydrogen-bond donors (Lipinski definition) is 1. The maximum Gasteiger partial charge on any atom is 0.225 e. The molecule has 5 heteroatoms. The number of hydrogen-bond acceptors (Lipinski definition) is 3. The Morgan fingerprint density at radius 3 is 2.57 bits per heavy atom. The van der Waals surface area contributed by atoms with Crippen LogP contribution in [0.4, 0.5) is 0 Å². The first-order chi connectivity index (χ1) is 9.66. The summed E-state index contributed by atoms with van der Waals surface area (Å²) in [7, 11) is 0. The molecule has 2 N–H and O–H groups in total. The number of carbonyl (C=O) groups excluding carboxylic acids is 1. The fourth-order valence-electron chi connectivity index (χ4n) is 2.43. The first kappa shape index (κ1) is 17.8. The standard InChI is InChI=1S/C16H24N2O2.ClH/c1-13(9-12-20-15-5-3-2-4-6-15)16(19)18-10-7-14(17)8-11-18;/h2-6,13-14H,7-12,17H2,1H3;1H. The molecule has 1 aromatic rings. The van der Waals surface area contributed by atoms with Gasteiger partial charge < -0.3 is 15.4 Å². The van der Waals surface area contributed by atoms with Crippen LogP contribution in [0.1, 0.15) is 26.2 Å². The van der Waals surface area contributed by atoms with E-state index in [1.165, 1.54) is 0 Å². The van der Waals surface area contributed by atoms with Gasteiger partial charge in [0, 0.05) is 25.0 Å². The number of para-hydroxylation sites is 1. The third-order valence-corrected chi connectivity index (χ3v) is 3.84. The minimum absolute atomic E-state index is 0. The van der Waals surface area contributed by atoms with Crippen molar-refractivity contribution in [1.29, 1.82) is 0 Å². The summed E-state index contributed by atoms with van der Waals surface area (Å²) < 4.78 is 5.64. The van der Waals surface area contributed by atoms with Gasteiger partial charge in [0.1, 0.15) is 5.75 Å². The van der Waals surface area contributed by atoms with Crippen molar-refractivity contribution < 1.29 is 9.53 Å². The summed E-state index contributed by atoms with van der Waals surface area (Å²) >= 11 is 0. The topological polar surface area (TPSA) is 55.6 Å². The normalized spacial score (nSPS) is 17.0. The van der Waals surface area contributed by atoms with E-state index in [0.717, 1.165) is 38.1 Å². The SMILES string of the molecule is CC(CCOc1ccccc1)C(=O)N1CCC(N)CC1.Cl. The molecule has 2 rings (SSSR count). The molecule has 1 saturated heterocycles. The van der Waals surface area contributed by atoms with Crippen molar-refractivity contribution in [3.05, 3.63) is 30.3 Å². The molecule has 1 aliphatic rings. The van der Waals surface area contributed by atoms with Crippen LogP contribution < -0.4 is 10.5 Å². The smallest absolute Gasteiger partial charge is 0.225 e. The van der Waals surface area contributed by atoms with Gasteiger partial charge >= 0.3 is 0 Å². The van der Waals surface area contributed by atoms with E-state index in [0.29, 0.717) is 6.61 Å². The number of halogens is 1. The van der Waals surface area contributed by atoms with Crippen LogP contribution in [0.5, 0.6) is 5.75 Å². The van der Waals surface area contributed by atoms with Crippen LogP contribution in [0.25, 0.3) is 0 Å². The van der Waals surface area contributed by atoms with Crippen LogP contribution in [0, 0.1) is 5.92 Å². The second-order valence-corrected chi connectivity index (χ2v) is 5.51. The number of ether oxygens (including phenoxy) is 1. The van der Waals surface area contributed by atoms with Crippen LogP contribution in [0.3, 0.4) is 0 Å². The van der Waals surface area contributed by atoms with E-state index < -0.39 is 0 Å². The number of likely N-dealkylation sites (tertiary alicyclic amines) is 1. The quantitative estimate of drug-likeness (QED) is 0.908. The first-order valence-electron chi connectivity index (χ1n) is 7.39. The molecule has 1 atom stereocenters. The van der Waals surface area contributed by atoms with E-state index in [4.69, 9.17) is 10.5 Å². The predicted octanol–water partition coefficient (Wildman–Crippen LogP) is 2.46. The Morgan fingerprint density at radius 1 is 1.33 bits per heavy atom. The molecule has 1 amide bonds. The van der Waals surface area contributed by atoms with Crippen LogP contribution >= 0.6 is 12.4 Å². The molecule has 0 radical (unpaired) electrons. The highest BCUT2D eigenvalue weighted by Crippen LogP contribution is 2.15. The van der Waals surface area contributed by atoms with Gasteiger partial charge in [-0.2, -0.15) is 0 Å². The number of carbonyl (C=O) groups is 1. The zero-order valence-corrected chi connectivity index (χ0v) is 13.3. The van der Waals surface area contributed by atoms with Crippen LogP contribution in [-0.4, -0.2) is 36.5 Å². The molecule has 1 aromatic carbocycles. The van der Waals surface area contributed by atoms with Crippen molar-refractivity contribution in [3.8, 4) is 5.75 Å². The van der Waals surface area contributed by atoms with E-state index in [2.05, 4.69) is 0 Å². The summed E-state index contributed by atoms with van der Waals surface area (Å²) in [6, 6.07) is 9.97. The van der Waals surface area contributed by atoms with E-state index in [1.54, 1.807) is 0 Å². The molecule has 0 aromatic heterocycles. The molecule has 21 heavy (non-hydrogen) atoms. The average Bonchev–Trinajstić information content (AvgIpc) is 2.48. The highest BCUT2D eigenvalue weighted by Gasteiger charge is 2.24. The third-order valence-electron chi connectivity index (χ3n) is 3.84. The molecule has 1 unspecified atom stereocenters. The maximum atomic E-state index is 12.3. The Bertz CT molecular complexity index is 420. The third kappa shape index (κ3) is 5.56. The van der Waals surface area contributed by atoms with E-state index in [-0.39, 0.29) is 30.3 Å². The second kappa shape index (κ2) is 8.90. The molecule has 0 aliphatic carbocycles. The predicted molar refractivity (Wildman–Crippen MR) is 86.8 cm³/mol. The monoisotopic (exact) mass is 312 g/mol. The molecule has 118 valence electrons. The van der Waals surface area contributed by atoms with Crippen molar-refractivity contribution in [1.82, 2.24) is 4.90 Å². The number of nitrogens with two attached hydrogens (primary N) is 1. The lowest BCUT2D eigenvalue weighted by atomic mass is 10.0. The molecule has 1 heterocycles. The van der Waals surface area contributed by atoms with Crippen molar-refractivity contribution in [3.63, 3.8) is 0 Å². The Balaban J connectivity index is 0.00000220. The number of rotatable bonds is 5. The van der Waals surface area contributed by atoms with Gasteiger partial charge in [0.25, 0.3) is 0 Å². The zero-order chi connectivity index (χ0) is 14.4. The van der Waals surface area contributed by atoms with Crippen LogP contribution in [-0.2, 0) is 4.79 Å². The molecular weight excluding hydrogens is 288 g/mol. The van der Waals surface area contributed by atoms with Crippen molar-refractivity contribution in [2.75, 3.05) is 19.7 Å². The number of piperidine rings is 1. The molecular formula is C16H25ClN2O2. The Labute approximate surface area is 133 Å². The minimum atomic E-state index is 0. The highest BCUT2D eigenvalue weighted by atomic mass is 35.5. The fourth-order valence-corrected chi connectivity index (χ4v) is 2.43. The van der Waals surface area contributed by atoms with Gasteiger partial charge in [-0.1, -0.05) is 25.1 Å². The minimum Gasteiger partial charge on any atom is -0.494 e. The van der Waals surface area contributed by atoms with Crippen molar-refractivity contribution in [2.24, 2.45) is 11.7 Å². The lowest BCUT2D eigenvalue weighted by Gasteiger charge is -2.32. The van der Waals surface area contributed by atoms with Crippen molar-refractivity contribution in [2.45, 2.75) is 32.2 Å². The first-order valence-corrected chi connectivity index (χ1v) is 7.39. The Hall–Kier alpha value is -1.26. The lowest BCUT2D eigenvalue weighted by molar-refractivity contribution is -0.136. The Morgan fingerprint density at radius 2 is 1.95 bits per heavy atom. The molecule has 0 spiro atoms. The average molecular weight is 313 g/mol. The summed E-state index contributed by atoms with van der Waals surface area (Å²) in [4.78, 5) is 14.2. The van der Waals surface area contributed by atoms with E-state index >= 15 is 0 Å². The second-order valence-electron chi connectivity index (χ2n) is 5.51. The van der Waals surface area contributed by atoms with Crippen molar-refractivity contribution >= 4 is 18.3 Å². The summed E-state index contributed by atoms with van der Waals surface area (Å²) in [5.41, 5.74) is 5.86. The van der Waals surface area contributed by atoms with Gasteiger partial charge in [0.15, 0.2) is 0 Å². The van der Waals surface area contributed by atoms with Gasteiger partial charge in [-0.3, -0.25) is 4.79 Å². The van der Waals surface area contributed by atoms with Gasteiger partial charge in [-0.15, -0.1) is 12.4 Å². The van der Waals surface area contributed by atoms with Gasteiger partial charge in [-0.25, -0.2) is 0 Å². The largest absolute Gasteiger partial charge is 0.494 e. The molecule has 1 aliphatic heterocycles. The summed E-state index contributed by atoms with van der Waals surface area (Å²) in [5.74, 6) is 1.10. The number of amides is 1. The number of benzene rings is 1. The lowest BCUT2D eigenvalue weighted by Crippen LogP contribution is -2.44. The highest BCUT2D eigenvalue weighted by molar-refractivity contribution is 5.85. The van der Waals surface area contributed by atoms with E-state index in [1.807, 2.05) is 42.2 Å². The maximum absolute atomic E-state index is 12.3. The van der Waals surface area contributed by atoms with Crippen LogP contribution in [0.15, 0.2) is 30.3 Å². The zero-order valence-electron chi connectivity index (χ0n) is 12.5. The number of nitrogens with zero attached hydrogens (tertiary/aromatic N) is 1. The Kier molecular flexibility index (Phi) is 7.54. The molecule has 4 nitrogen and oxygen atoms in total. The van der Waals surface area contributed by atoms with E-state index in [9.17, 15) is 4.79 Å². The van der Waals surface area contributed by atoms with Gasteiger partial charge in [0.2, 0.25) is 5.91 Å². The summed E-state index contributed by atoms with van der Waals surface area (Å²) in [6.45, 7) is 4.14. The van der Waals surface area contributed by atoms with Crippen LogP contribution in [0.2, 0.25) is 0 Å². The van der Waals surface area contributed by atoms with Gasteiger partial charge in [0.05, 0.1) is 6.61 Å². The summed E-state index contributed by atoms with van der Waals surface area (Å²) in [6.07, 6.45) is 2.58. The fraction of sp³-hybridized carbons (Fsp3) is 0.562. The molecule has 0 saturated carbocycles. The van der Waals surface area contributed by atoms with Gasteiger partial charge in [-0.05, 0) is 31.4 Å². The molecule has 1 fully saturated rings.